The molecule has 2 aromatic heterocycles. The van der Waals surface area contributed by atoms with Crippen molar-refractivity contribution in [1.29, 1.82) is 0 Å². The Kier molecular flexibility index (Phi) is 10.1. The van der Waals surface area contributed by atoms with Crippen LogP contribution < -0.4 is 20.7 Å². The van der Waals surface area contributed by atoms with Gasteiger partial charge in [0.05, 0.1) is 35.5 Å². The number of pyridine rings is 1. The van der Waals surface area contributed by atoms with Gasteiger partial charge < -0.3 is 20.3 Å². The summed E-state index contributed by atoms with van der Waals surface area (Å²) in [4.78, 5) is 70.6. The van der Waals surface area contributed by atoms with E-state index in [4.69, 9.17) is 9.84 Å². The van der Waals surface area contributed by atoms with Crippen LogP contribution in [0, 0.1) is 17.3 Å². The van der Waals surface area contributed by atoms with Crippen LogP contribution in [0.25, 0.3) is 10.9 Å². The van der Waals surface area contributed by atoms with Crippen molar-refractivity contribution in [1.82, 2.24) is 29.9 Å². The topological polar surface area (TPSA) is 168 Å². The number of alkyl halides is 3. The van der Waals surface area contributed by atoms with Crippen molar-refractivity contribution >= 4 is 51.8 Å². The van der Waals surface area contributed by atoms with Crippen LogP contribution in [0.2, 0.25) is 0 Å². The third-order valence-corrected chi connectivity index (χ3v) is 13.0. The van der Waals surface area contributed by atoms with E-state index < -0.39 is 47.4 Å². The smallest absolute Gasteiger partial charge is 0.433 e. The zero-order chi connectivity index (χ0) is 41.9. The quantitative estimate of drug-likeness (QED) is 0.151. The van der Waals surface area contributed by atoms with Gasteiger partial charge in [-0.15, -0.1) is 0 Å². The SMILES string of the molecule is COc1cc2nn([C@H]3CC[C@H](CN4CC5(CC(CCNc6cccc7c6C(=O)N(C6CCC(=O)NC6=O)C7=O)C5)C4)CC3)cc2cc1NC(=O)c1cccc(C(F)(F)F)n1. The Morgan fingerprint density at radius 2 is 1.72 bits per heavy atom. The van der Waals surface area contributed by atoms with Gasteiger partial charge in [-0.05, 0) is 98.9 Å². The molecule has 14 nitrogen and oxygen atoms in total. The second kappa shape index (κ2) is 15.3. The molecule has 3 aliphatic heterocycles. The van der Waals surface area contributed by atoms with Crippen molar-refractivity contribution in [2.75, 3.05) is 43.9 Å². The fourth-order valence-electron chi connectivity index (χ4n) is 10.1. The van der Waals surface area contributed by atoms with Crippen molar-refractivity contribution in [3.8, 4) is 5.75 Å². The van der Waals surface area contributed by atoms with Crippen LogP contribution in [0.5, 0.6) is 5.75 Å². The lowest BCUT2D eigenvalue weighted by molar-refractivity contribution is -0.141. The number of nitrogens with zero attached hydrogens (tertiary/aromatic N) is 5. The molecule has 1 spiro atoms. The van der Waals surface area contributed by atoms with Crippen molar-refractivity contribution < 1.29 is 41.9 Å². The highest BCUT2D eigenvalue weighted by atomic mass is 19.4. The first-order valence-corrected chi connectivity index (χ1v) is 20.5. The molecule has 2 saturated carbocycles. The summed E-state index contributed by atoms with van der Waals surface area (Å²) in [6, 6.07) is 11.0. The molecule has 0 radical (unpaired) electrons. The van der Waals surface area contributed by atoms with E-state index in [9.17, 15) is 37.1 Å². The Morgan fingerprint density at radius 1 is 0.950 bits per heavy atom. The average molecular weight is 827 g/mol. The molecular formula is C43H45F3N8O6. The van der Waals surface area contributed by atoms with E-state index in [1.165, 1.54) is 26.0 Å². The Morgan fingerprint density at radius 3 is 2.45 bits per heavy atom. The van der Waals surface area contributed by atoms with E-state index in [0.717, 1.165) is 74.2 Å². The number of likely N-dealkylation sites (tertiary alicyclic amines) is 1. The monoisotopic (exact) mass is 826 g/mol. The van der Waals surface area contributed by atoms with Gasteiger partial charge in [-0.2, -0.15) is 18.3 Å². The Bertz CT molecular complexity index is 2390. The molecule has 4 aromatic rings. The number of ether oxygens (including phenoxy) is 1. The minimum absolute atomic E-state index is 0.0784. The highest BCUT2D eigenvalue weighted by molar-refractivity contribution is 6.25. The highest BCUT2D eigenvalue weighted by Gasteiger charge is 2.52. The highest BCUT2D eigenvalue weighted by Crippen LogP contribution is 2.53. The zero-order valence-electron chi connectivity index (χ0n) is 33.0. The van der Waals surface area contributed by atoms with Gasteiger partial charge in [-0.3, -0.25) is 38.9 Å². The van der Waals surface area contributed by atoms with E-state index in [0.29, 0.717) is 46.4 Å². The Labute approximate surface area is 343 Å². The number of aromatic nitrogens is 3. The van der Waals surface area contributed by atoms with E-state index in [-0.39, 0.29) is 35.7 Å². The minimum Gasteiger partial charge on any atom is -0.494 e. The van der Waals surface area contributed by atoms with Gasteiger partial charge in [-0.25, -0.2) is 4.98 Å². The summed E-state index contributed by atoms with van der Waals surface area (Å²) < 4.78 is 47.0. The summed E-state index contributed by atoms with van der Waals surface area (Å²) in [6.07, 6.45) is 4.96. The third kappa shape index (κ3) is 7.47. The molecule has 2 aliphatic carbocycles. The number of piperidine rings is 1. The Hall–Kier alpha value is -5.84. The van der Waals surface area contributed by atoms with Crippen LogP contribution >= 0.6 is 0 Å². The summed E-state index contributed by atoms with van der Waals surface area (Å²) in [7, 11) is 1.45. The lowest BCUT2D eigenvalue weighted by atomic mass is 9.57. The maximum absolute atomic E-state index is 13.4. The maximum atomic E-state index is 13.4. The van der Waals surface area contributed by atoms with Crippen LogP contribution in [0.1, 0.15) is 101 Å². The number of nitrogens with one attached hydrogen (secondary N) is 3. The molecule has 5 heterocycles. The lowest BCUT2D eigenvalue weighted by Gasteiger charge is -2.60. The summed E-state index contributed by atoms with van der Waals surface area (Å²) in [5.74, 6) is -1.27. The molecule has 314 valence electrons. The summed E-state index contributed by atoms with van der Waals surface area (Å²) in [6.45, 7) is 3.99. The first kappa shape index (κ1) is 39.6. The second-order valence-corrected chi connectivity index (χ2v) is 17.1. The minimum atomic E-state index is -4.67. The Balaban J connectivity index is 0.719. The number of methoxy groups -OCH3 is 1. The van der Waals surface area contributed by atoms with E-state index in [2.05, 4.69) is 25.8 Å². The third-order valence-electron chi connectivity index (χ3n) is 13.0. The number of carbonyl (C=O) groups excluding carboxylic acids is 5. The van der Waals surface area contributed by atoms with E-state index >= 15 is 0 Å². The predicted molar refractivity (Wildman–Crippen MR) is 212 cm³/mol. The summed E-state index contributed by atoms with van der Waals surface area (Å²) >= 11 is 0. The number of amides is 5. The molecule has 9 rings (SSSR count). The van der Waals surface area contributed by atoms with Crippen LogP contribution in [-0.4, -0.2) is 93.4 Å². The van der Waals surface area contributed by atoms with Crippen LogP contribution in [-0.2, 0) is 15.8 Å². The van der Waals surface area contributed by atoms with Gasteiger partial charge in [0.15, 0.2) is 0 Å². The van der Waals surface area contributed by atoms with Gasteiger partial charge >= 0.3 is 6.18 Å². The molecule has 17 heteroatoms. The molecule has 5 aliphatic rings. The zero-order valence-corrected chi connectivity index (χ0v) is 33.0. The fraction of sp³-hybridized carbons (Fsp3) is 0.465. The van der Waals surface area contributed by atoms with Gasteiger partial charge in [0, 0.05) is 55.9 Å². The molecule has 1 atom stereocenters. The molecule has 3 N–H and O–H groups in total. The van der Waals surface area contributed by atoms with Gasteiger partial charge in [0.2, 0.25) is 11.8 Å². The van der Waals surface area contributed by atoms with E-state index in [1.807, 2.05) is 10.9 Å². The van der Waals surface area contributed by atoms with E-state index in [1.54, 1.807) is 30.3 Å². The van der Waals surface area contributed by atoms with Gasteiger partial charge in [0.1, 0.15) is 23.2 Å². The number of rotatable bonds is 11. The number of carbonyl (C=O) groups is 5. The first-order valence-electron chi connectivity index (χ1n) is 20.5. The number of hydrogen-bond donors (Lipinski definition) is 3. The number of halogens is 3. The van der Waals surface area contributed by atoms with Crippen molar-refractivity contribution in [2.24, 2.45) is 17.3 Å². The fourth-order valence-corrected chi connectivity index (χ4v) is 10.1. The summed E-state index contributed by atoms with van der Waals surface area (Å²) in [5.41, 5.74) is 1.05. The summed E-state index contributed by atoms with van der Waals surface area (Å²) in [5, 5.41) is 13.9. The number of imide groups is 2. The van der Waals surface area contributed by atoms with Crippen molar-refractivity contribution in [3.63, 3.8) is 0 Å². The van der Waals surface area contributed by atoms with Crippen molar-refractivity contribution in [2.45, 2.75) is 76.0 Å². The first-order chi connectivity index (χ1) is 28.8. The lowest BCUT2D eigenvalue weighted by Crippen LogP contribution is -2.63. The van der Waals surface area contributed by atoms with Gasteiger partial charge in [-0.1, -0.05) is 12.1 Å². The molecule has 2 saturated heterocycles. The van der Waals surface area contributed by atoms with Crippen LogP contribution in [0.4, 0.5) is 24.5 Å². The average Bonchev–Trinajstić information content (AvgIpc) is 3.73. The number of benzene rings is 2. The molecule has 4 fully saturated rings. The standard InChI is InChI=1S/C43H45F3N8O6/c1-60-34-17-31-26(16-32(34)49-38(56)30-6-3-7-35(48-30)43(44,45)46)21-53(51-31)27-10-8-24(9-11-27)20-52-22-42(23-52)18-25(19-42)14-15-47-29-5-2-4-28-37(29)41(59)54(40(28)58)33-12-13-36(55)50-39(33)57/h2-7,16-17,21,24-25,27,33,47H,8-15,18-20,22-23H2,1H3,(H,49,56)(H,50,55,57)/t24-,27-,33?. The predicted octanol–water partition coefficient (Wildman–Crippen LogP) is 6.06. The van der Waals surface area contributed by atoms with Crippen molar-refractivity contribution in [3.05, 3.63) is 77.2 Å². The van der Waals surface area contributed by atoms with Crippen LogP contribution in [0.3, 0.4) is 0 Å². The number of anilines is 2. The maximum Gasteiger partial charge on any atom is 0.433 e. The molecule has 2 aromatic carbocycles. The van der Waals surface area contributed by atoms with Crippen LogP contribution in [0.15, 0.2) is 54.7 Å². The molecule has 1 unspecified atom stereocenters. The molecule has 0 bridgehead atoms. The molecular weight excluding hydrogens is 782 g/mol. The molecule has 60 heavy (non-hydrogen) atoms. The number of hydrogen-bond acceptors (Lipinski definition) is 10. The number of fused-ring (bicyclic) bond motifs is 2. The largest absolute Gasteiger partial charge is 0.494 e. The second-order valence-electron chi connectivity index (χ2n) is 17.1. The molecule has 5 amide bonds. The van der Waals surface area contributed by atoms with Gasteiger partial charge in [0.25, 0.3) is 17.7 Å². The normalized spacial score (nSPS) is 23.0.